The highest BCUT2D eigenvalue weighted by Gasteiger charge is 2.42. The van der Waals surface area contributed by atoms with Crippen LogP contribution in [0.2, 0.25) is 0 Å². The summed E-state index contributed by atoms with van der Waals surface area (Å²) < 4.78 is 26.7. The largest absolute Gasteiger partial charge is 0.342 e. The lowest BCUT2D eigenvalue weighted by atomic mass is 9.79. The second-order valence-corrected chi connectivity index (χ2v) is 8.98. The van der Waals surface area contributed by atoms with Gasteiger partial charge in [-0.1, -0.05) is 18.9 Å². The molecule has 3 fully saturated rings. The minimum Gasteiger partial charge on any atom is -0.342 e. The van der Waals surface area contributed by atoms with Crippen LogP contribution in [0.3, 0.4) is 0 Å². The van der Waals surface area contributed by atoms with Gasteiger partial charge in [-0.25, -0.2) is 8.78 Å². The molecule has 0 radical (unpaired) electrons. The fraction of sp³-hybridized carbons (Fsp3) is 0.682. The van der Waals surface area contributed by atoms with Gasteiger partial charge in [0.2, 0.25) is 5.91 Å². The highest BCUT2D eigenvalue weighted by atomic mass is 19.2. The Hall–Kier alpha value is -1.49. The fourth-order valence-electron chi connectivity index (χ4n) is 5.41. The molecule has 1 spiro atoms. The standard InChI is InChI=1S/C22H30F2N2O/c23-19-7-6-18(12-20(19)24)14-25-10-3-8-22(15-25)9-11-26(16-22)21(27)13-17-4-1-2-5-17/h6-7,12,17H,1-5,8-11,13-16H2/t22-/m0/s1. The van der Waals surface area contributed by atoms with Crippen LogP contribution in [0.1, 0.15) is 56.9 Å². The van der Waals surface area contributed by atoms with Crippen LogP contribution in [0.4, 0.5) is 8.78 Å². The second-order valence-electron chi connectivity index (χ2n) is 8.98. The average Bonchev–Trinajstić information content (AvgIpc) is 3.29. The van der Waals surface area contributed by atoms with Gasteiger partial charge in [0, 0.05) is 38.0 Å². The highest BCUT2D eigenvalue weighted by Crippen LogP contribution is 2.40. The highest BCUT2D eigenvalue weighted by molar-refractivity contribution is 5.76. The van der Waals surface area contributed by atoms with Gasteiger partial charge >= 0.3 is 0 Å². The number of hydrogen-bond donors (Lipinski definition) is 0. The monoisotopic (exact) mass is 376 g/mol. The summed E-state index contributed by atoms with van der Waals surface area (Å²) in [5.74, 6) is -0.619. The van der Waals surface area contributed by atoms with Crippen molar-refractivity contribution in [2.45, 2.75) is 57.9 Å². The van der Waals surface area contributed by atoms with Crippen LogP contribution in [0.25, 0.3) is 0 Å². The molecule has 1 saturated carbocycles. The minimum absolute atomic E-state index is 0.183. The summed E-state index contributed by atoms with van der Waals surface area (Å²) in [4.78, 5) is 17.1. The number of carbonyl (C=O) groups is 1. The van der Waals surface area contributed by atoms with Gasteiger partial charge in [0.15, 0.2) is 11.6 Å². The molecule has 0 bridgehead atoms. The molecule has 1 aliphatic carbocycles. The normalized spacial score (nSPS) is 27.0. The molecule has 4 rings (SSSR count). The third kappa shape index (κ3) is 4.34. The molecule has 0 unspecified atom stereocenters. The first-order chi connectivity index (χ1) is 13.0. The maximum Gasteiger partial charge on any atom is 0.222 e. The molecule has 1 amide bonds. The molecule has 1 aromatic rings. The maximum atomic E-state index is 13.5. The van der Waals surface area contributed by atoms with E-state index in [1.807, 2.05) is 0 Å². The Morgan fingerprint density at radius 3 is 2.63 bits per heavy atom. The van der Waals surface area contributed by atoms with Gasteiger partial charge in [0.05, 0.1) is 0 Å². The smallest absolute Gasteiger partial charge is 0.222 e. The van der Waals surface area contributed by atoms with Crippen molar-refractivity contribution in [3.05, 3.63) is 35.4 Å². The van der Waals surface area contributed by atoms with Crippen LogP contribution < -0.4 is 0 Å². The molecule has 1 aromatic carbocycles. The molecule has 2 aliphatic heterocycles. The van der Waals surface area contributed by atoms with Gasteiger partial charge in [-0.3, -0.25) is 9.69 Å². The van der Waals surface area contributed by atoms with Crippen molar-refractivity contribution in [3.8, 4) is 0 Å². The number of likely N-dealkylation sites (tertiary alicyclic amines) is 2. The molecule has 1 atom stereocenters. The van der Waals surface area contributed by atoms with E-state index in [9.17, 15) is 13.6 Å². The molecular weight excluding hydrogens is 346 g/mol. The summed E-state index contributed by atoms with van der Waals surface area (Å²) in [7, 11) is 0. The SMILES string of the molecule is O=C(CC1CCCC1)N1CC[C@]2(CCCN(Cc3ccc(F)c(F)c3)C2)C1. The maximum absolute atomic E-state index is 13.5. The van der Waals surface area contributed by atoms with Crippen molar-refractivity contribution in [3.63, 3.8) is 0 Å². The molecule has 0 N–H and O–H groups in total. The first-order valence-electron chi connectivity index (χ1n) is 10.5. The van der Waals surface area contributed by atoms with Gasteiger partial charge in [-0.2, -0.15) is 0 Å². The topological polar surface area (TPSA) is 23.6 Å². The van der Waals surface area contributed by atoms with E-state index >= 15 is 0 Å². The van der Waals surface area contributed by atoms with Crippen LogP contribution in [0, 0.1) is 23.0 Å². The Morgan fingerprint density at radius 1 is 1.04 bits per heavy atom. The minimum atomic E-state index is -0.791. The van der Waals surface area contributed by atoms with E-state index in [4.69, 9.17) is 0 Å². The number of benzene rings is 1. The summed E-state index contributed by atoms with van der Waals surface area (Å²) in [6, 6.07) is 4.19. The van der Waals surface area contributed by atoms with E-state index in [-0.39, 0.29) is 5.41 Å². The summed E-state index contributed by atoms with van der Waals surface area (Å²) in [5.41, 5.74) is 1.00. The summed E-state index contributed by atoms with van der Waals surface area (Å²) in [6.07, 6.45) is 9.05. The zero-order valence-corrected chi connectivity index (χ0v) is 16.1. The molecule has 2 heterocycles. The van der Waals surface area contributed by atoms with Crippen LogP contribution in [-0.4, -0.2) is 41.9 Å². The van der Waals surface area contributed by atoms with E-state index in [0.29, 0.717) is 18.4 Å². The molecule has 27 heavy (non-hydrogen) atoms. The van der Waals surface area contributed by atoms with E-state index in [2.05, 4.69) is 9.80 Å². The Bertz CT molecular complexity index is 689. The van der Waals surface area contributed by atoms with E-state index < -0.39 is 11.6 Å². The van der Waals surface area contributed by atoms with Crippen molar-refractivity contribution in [1.82, 2.24) is 9.80 Å². The van der Waals surface area contributed by atoms with Gasteiger partial charge in [-0.15, -0.1) is 0 Å². The Kier molecular flexibility index (Phi) is 5.49. The number of nitrogens with zero attached hydrogens (tertiary/aromatic N) is 2. The number of piperidine rings is 1. The number of carbonyl (C=O) groups excluding carboxylic acids is 1. The number of halogens is 2. The molecule has 0 aromatic heterocycles. The van der Waals surface area contributed by atoms with Crippen LogP contribution in [0.5, 0.6) is 0 Å². The van der Waals surface area contributed by atoms with Crippen molar-refractivity contribution >= 4 is 5.91 Å². The van der Waals surface area contributed by atoms with Crippen molar-refractivity contribution in [2.24, 2.45) is 11.3 Å². The second kappa shape index (κ2) is 7.86. The van der Waals surface area contributed by atoms with Crippen LogP contribution in [-0.2, 0) is 11.3 Å². The first-order valence-corrected chi connectivity index (χ1v) is 10.5. The van der Waals surface area contributed by atoms with Crippen molar-refractivity contribution in [1.29, 1.82) is 0 Å². The lowest BCUT2D eigenvalue weighted by Gasteiger charge is -2.40. The van der Waals surface area contributed by atoms with Gasteiger partial charge in [0.25, 0.3) is 0 Å². The quantitative estimate of drug-likeness (QED) is 0.780. The summed E-state index contributed by atoms with van der Waals surface area (Å²) >= 11 is 0. The molecule has 148 valence electrons. The van der Waals surface area contributed by atoms with Gasteiger partial charge in [0.1, 0.15) is 0 Å². The average molecular weight is 376 g/mol. The zero-order chi connectivity index (χ0) is 18.9. The molecule has 3 aliphatic rings. The van der Waals surface area contributed by atoms with Gasteiger partial charge < -0.3 is 4.90 Å². The number of amides is 1. The number of hydrogen-bond acceptors (Lipinski definition) is 2. The van der Waals surface area contributed by atoms with E-state index in [1.165, 1.54) is 37.8 Å². The van der Waals surface area contributed by atoms with E-state index in [0.717, 1.165) is 57.4 Å². The third-order valence-electron chi connectivity index (χ3n) is 6.86. The first kappa shape index (κ1) is 18.9. The van der Waals surface area contributed by atoms with Gasteiger partial charge in [-0.05, 0) is 62.3 Å². The Balaban J connectivity index is 1.34. The van der Waals surface area contributed by atoms with E-state index in [1.54, 1.807) is 6.07 Å². The van der Waals surface area contributed by atoms with Crippen LogP contribution >= 0.6 is 0 Å². The summed E-state index contributed by atoms with van der Waals surface area (Å²) in [6.45, 7) is 4.32. The lowest BCUT2D eigenvalue weighted by Crippen LogP contribution is -2.45. The predicted molar refractivity (Wildman–Crippen MR) is 101 cm³/mol. The molecular formula is C22H30F2N2O. The summed E-state index contributed by atoms with van der Waals surface area (Å²) in [5, 5.41) is 0. The molecule has 3 nitrogen and oxygen atoms in total. The molecule has 2 saturated heterocycles. The molecule has 5 heteroatoms. The number of rotatable bonds is 4. The van der Waals surface area contributed by atoms with Crippen molar-refractivity contribution < 1.29 is 13.6 Å². The third-order valence-corrected chi connectivity index (χ3v) is 6.86. The fourth-order valence-corrected chi connectivity index (χ4v) is 5.41. The lowest BCUT2D eigenvalue weighted by molar-refractivity contribution is -0.131. The Morgan fingerprint density at radius 2 is 1.85 bits per heavy atom. The van der Waals surface area contributed by atoms with Crippen molar-refractivity contribution in [2.75, 3.05) is 26.2 Å². The van der Waals surface area contributed by atoms with Crippen LogP contribution in [0.15, 0.2) is 18.2 Å². The zero-order valence-electron chi connectivity index (χ0n) is 16.1. The Labute approximate surface area is 160 Å². The predicted octanol–water partition coefficient (Wildman–Crippen LogP) is 4.36.